The van der Waals surface area contributed by atoms with E-state index in [0.29, 0.717) is 11.4 Å². The molecule has 0 fully saturated rings. The lowest BCUT2D eigenvalue weighted by atomic mass is 10.2. The number of H-pyrrole nitrogens is 1. The third-order valence-corrected chi connectivity index (χ3v) is 3.74. The number of rotatable bonds is 3. The van der Waals surface area contributed by atoms with E-state index in [1.54, 1.807) is 18.2 Å². The van der Waals surface area contributed by atoms with Crippen molar-refractivity contribution in [3.63, 3.8) is 0 Å². The number of para-hydroxylation sites is 1. The molecule has 0 amide bonds. The van der Waals surface area contributed by atoms with E-state index in [4.69, 9.17) is 0 Å². The number of pyridine rings is 1. The molecule has 2 N–H and O–H groups in total. The molecule has 3 aromatic rings. The highest BCUT2D eigenvalue weighted by Gasteiger charge is 2.03. The van der Waals surface area contributed by atoms with E-state index in [9.17, 15) is 13.6 Å². The Labute approximate surface area is 122 Å². The van der Waals surface area contributed by atoms with Gasteiger partial charge in [0.2, 0.25) is 0 Å². The molecule has 21 heavy (non-hydrogen) atoms. The van der Waals surface area contributed by atoms with Gasteiger partial charge in [-0.25, -0.2) is 0 Å². The average molecular weight is 299 g/mol. The Balaban J connectivity index is 1.95. The molecule has 0 aliphatic heterocycles. The van der Waals surface area contributed by atoms with Crippen molar-refractivity contribution in [2.45, 2.75) is 4.90 Å². The topological polar surface area (TPSA) is 85.0 Å². The summed E-state index contributed by atoms with van der Waals surface area (Å²) < 4.78 is 21.6. The lowest BCUT2D eigenvalue weighted by Crippen LogP contribution is -2.11. The molecule has 0 bridgehead atoms. The minimum absolute atomic E-state index is 0.202. The molecule has 1 heterocycles. The smallest absolute Gasteiger partial charge is 0.272 e. The van der Waals surface area contributed by atoms with Gasteiger partial charge >= 0.3 is 0 Å². The monoisotopic (exact) mass is 299 g/mol. The normalized spacial score (nSPS) is 12.2. The van der Waals surface area contributed by atoms with Crippen molar-refractivity contribution in [1.82, 2.24) is 4.98 Å². The molecule has 1 aromatic heterocycles. The van der Waals surface area contributed by atoms with Gasteiger partial charge in [-0.05, 0) is 47.5 Å². The first-order valence-electron chi connectivity index (χ1n) is 6.22. The SMILES string of the molecule is O=c1[nH]c2ccccc2cc1Nc1ccc(S(=O)[O-])cc1. The first kappa shape index (κ1) is 13.5. The Kier molecular flexibility index (Phi) is 3.55. The van der Waals surface area contributed by atoms with E-state index in [0.717, 1.165) is 10.9 Å². The van der Waals surface area contributed by atoms with E-state index in [2.05, 4.69) is 10.3 Å². The van der Waals surface area contributed by atoms with Crippen LogP contribution >= 0.6 is 0 Å². The zero-order chi connectivity index (χ0) is 14.8. The van der Waals surface area contributed by atoms with E-state index >= 15 is 0 Å². The van der Waals surface area contributed by atoms with Crippen molar-refractivity contribution in [3.8, 4) is 0 Å². The molecule has 3 rings (SSSR count). The van der Waals surface area contributed by atoms with Crippen LogP contribution in [-0.4, -0.2) is 13.7 Å². The highest BCUT2D eigenvalue weighted by Crippen LogP contribution is 2.18. The quantitative estimate of drug-likeness (QED) is 0.728. The van der Waals surface area contributed by atoms with E-state index in [1.807, 2.05) is 24.3 Å². The van der Waals surface area contributed by atoms with E-state index in [1.165, 1.54) is 12.1 Å². The van der Waals surface area contributed by atoms with Crippen LogP contribution in [0.3, 0.4) is 0 Å². The van der Waals surface area contributed by atoms with Gasteiger partial charge in [-0.1, -0.05) is 18.2 Å². The second kappa shape index (κ2) is 5.51. The molecule has 0 spiro atoms. The summed E-state index contributed by atoms with van der Waals surface area (Å²) >= 11 is -2.25. The first-order valence-corrected chi connectivity index (χ1v) is 7.29. The van der Waals surface area contributed by atoms with Gasteiger partial charge in [-0.15, -0.1) is 0 Å². The van der Waals surface area contributed by atoms with Crippen LogP contribution in [0.2, 0.25) is 0 Å². The Morgan fingerprint density at radius 1 is 1.05 bits per heavy atom. The molecular formula is C15H11N2O3S-. The number of benzene rings is 2. The van der Waals surface area contributed by atoms with Crippen LogP contribution in [-0.2, 0) is 11.1 Å². The standard InChI is InChI=1S/C15H12N2O3S/c18-15-14(9-10-3-1-2-4-13(10)17-15)16-11-5-7-12(8-6-11)21(19)20/h1-9,16H,(H,17,18)(H,19,20)/p-1. The van der Waals surface area contributed by atoms with Crippen LogP contribution in [0.4, 0.5) is 11.4 Å². The second-order valence-corrected chi connectivity index (χ2v) is 5.42. The Hall–Kier alpha value is -2.44. The van der Waals surface area contributed by atoms with Crippen molar-refractivity contribution in [1.29, 1.82) is 0 Å². The summed E-state index contributed by atoms with van der Waals surface area (Å²) in [5, 5.41) is 3.90. The van der Waals surface area contributed by atoms with Gasteiger partial charge in [0.1, 0.15) is 5.69 Å². The molecule has 2 aromatic carbocycles. The largest absolute Gasteiger partial charge is 0.768 e. The molecule has 0 aliphatic rings. The maximum absolute atomic E-state index is 12.0. The van der Waals surface area contributed by atoms with Gasteiger partial charge in [-0.3, -0.25) is 9.00 Å². The summed E-state index contributed by atoms with van der Waals surface area (Å²) in [6.07, 6.45) is 0. The molecule has 1 unspecified atom stereocenters. The number of anilines is 2. The van der Waals surface area contributed by atoms with E-state index in [-0.39, 0.29) is 10.5 Å². The minimum Gasteiger partial charge on any atom is -0.768 e. The molecule has 0 aliphatic carbocycles. The van der Waals surface area contributed by atoms with Crippen LogP contribution in [0.5, 0.6) is 0 Å². The summed E-state index contributed by atoms with van der Waals surface area (Å²) in [6, 6.07) is 15.4. The van der Waals surface area contributed by atoms with Gasteiger partial charge in [0, 0.05) is 21.5 Å². The fourth-order valence-corrected chi connectivity index (χ4v) is 2.40. The van der Waals surface area contributed by atoms with E-state index < -0.39 is 11.1 Å². The third-order valence-electron chi connectivity index (χ3n) is 3.08. The lowest BCUT2D eigenvalue weighted by Gasteiger charge is -2.09. The summed E-state index contributed by atoms with van der Waals surface area (Å²) in [6.45, 7) is 0. The zero-order valence-corrected chi connectivity index (χ0v) is 11.6. The molecule has 1 atom stereocenters. The first-order chi connectivity index (χ1) is 10.1. The highest BCUT2D eigenvalue weighted by molar-refractivity contribution is 7.79. The van der Waals surface area contributed by atoms with Crippen LogP contribution in [0.1, 0.15) is 0 Å². The Morgan fingerprint density at radius 3 is 2.48 bits per heavy atom. The van der Waals surface area contributed by atoms with Crippen molar-refractivity contribution >= 4 is 33.4 Å². The molecule has 0 saturated carbocycles. The molecule has 0 radical (unpaired) electrons. The molecule has 0 saturated heterocycles. The number of nitrogens with one attached hydrogen (secondary N) is 2. The predicted molar refractivity (Wildman–Crippen MR) is 81.5 cm³/mol. The van der Waals surface area contributed by atoms with Gasteiger partial charge in [0.25, 0.3) is 5.56 Å². The maximum Gasteiger partial charge on any atom is 0.272 e. The maximum atomic E-state index is 12.0. The van der Waals surface area contributed by atoms with Gasteiger partial charge < -0.3 is 14.9 Å². The number of aromatic amines is 1. The van der Waals surface area contributed by atoms with Crippen LogP contribution < -0.4 is 10.9 Å². The number of aromatic nitrogens is 1. The van der Waals surface area contributed by atoms with Gasteiger partial charge in [0.05, 0.1) is 0 Å². The fourth-order valence-electron chi connectivity index (χ4n) is 2.05. The molecular weight excluding hydrogens is 288 g/mol. The number of hydrogen-bond acceptors (Lipinski definition) is 4. The summed E-state index contributed by atoms with van der Waals surface area (Å²) in [5.41, 5.74) is 1.59. The average Bonchev–Trinajstić information content (AvgIpc) is 2.48. The summed E-state index contributed by atoms with van der Waals surface area (Å²) in [7, 11) is 0. The summed E-state index contributed by atoms with van der Waals surface area (Å²) in [5.74, 6) is 0. The predicted octanol–water partition coefficient (Wildman–Crippen LogP) is 2.51. The molecule has 6 heteroatoms. The highest BCUT2D eigenvalue weighted by atomic mass is 32.2. The molecule has 106 valence electrons. The van der Waals surface area contributed by atoms with Crippen LogP contribution in [0.25, 0.3) is 10.9 Å². The Bertz CT molecular complexity index is 872. The number of fused-ring (bicyclic) bond motifs is 1. The van der Waals surface area contributed by atoms with Crippen molar-refractivity contribution in [2.24, 2.45) is 0 Å². The number of hydrogen-bond donors (Lipinski definition) is 2. The fraction of sp³-hybridized carbons (Fsp3) is 0. The second-order valence-electron chi connectivity index (χ2n) is 4.48. The van der Waals surface area contributed by atoms with Crippen LogP contribution in [0, 0.1) is 0 Å². The van der Waals surface area contributed by atoms with Gasteiger partial charge in [0.15, 0.2) is 0 Å². The zero-order valence-electron chi connectivity index (χ0n) is 10.8. The van der Waals surface area contributed by atoms with Crippen molar-refractivity contribution in [3.05, 3.63) is 65.0 Å². The lowest BCUT2D eigenvalue weighted by molar-refractivity contribution is 0.537. The molecule has 5 nitrogen and oxygen atoms in total. The van der Waals surface area contributed by atoms with Crippen molar-refractivity contribution in [2.75, 3.05) is 5.32 Å². The van der Waals surface area contributed by atoms with Crippen LogP contribution in [0.15, 0.2) is 64.3 Å². The van der Waals surface area contributed by atoms with Crippen molar-refractivity contribution < 1.29 is 8.76 Å². The summed E-state index contributed by atoms with van der Waals surface area (Å²) in [4.78, 5) is 15.0. The minimum atomic E-state index is -2.25. The van der Waals surface area contributed by atoms with Gasteiger partial charge in [-0.2, -0.15) is 0 Å². The third kappa shape index (κ3) is 2.86. The Morgan fingerprint density at radius 2 is 1.76 bits per heavy atom.